The van der Waals surface area contributed by atoms with Gasteiger partial charge in [0.05, 0.1) is 0 Å². The molecule has 1 atom stereocenters. The molecule has 2 aromatic carbocycles. The first kappa shape index (κ1) is 15.4. The summed E-state index contributed by atoms with van der Waals surface area (Å²) in [5.74, 6) is 0.184. The lowest BCUT2D eigenvalue weighted by Crippen LogP contribution is -1.96. The van der Waals surface area contributed by atoms with Crippen LogP contribution in [-0.2, 0) is 0 Å². The third-order valence-corrected chi connectivity index (χ3v) is 4.61. The Labute approximate surface area is 144 Å². The molecule has 0 saturated heterocycles. The van der Waals surface area contributed by atoms with Crippen LogP contribution in [0.2, 0.25) is 10.0 Å². The third-order valence-electron chi connectivity index (χ3n) is 3.44. The average Bonchev–Trinajstić information content (AvgIpc) is 3.02. The number of thiophene rings is 1. The van der Waals surface area contributed by atoms with Crippen LogP contribution < -0.4 is 0 Å². The van der Waals surface area contributed by atoms with Gasteiger partial charge in [-0.2, -0.15) is 11.3 Å². The molecule has 0 amide bonds. The number of allylic oxidation sites excluding steroid dienone is 1. The van der Waals surface area contributed by atoms with Crippen LogP contribution in [0.3, 0.4) is 0 Å². The number of benzene rings is 2. The molecule has 0 fully saturated rings. The van der Waals surface area contributed by atoms with Crippen molar-refractivity contribution in [3.05, 3.63) is 98.2 Å². The minimum Gasteiger partial charge on any atom is -0.152 e. The van der Waals surface area contributed by atoms with Crippen molar-refractivity contribution in [2.45, 2.75) is 5.92 Å². The SMILES string of the molecule is Clc1cccc(/C=C/C(c2ccsc2)c2cccc(Cl)c2)c1. The second-order valence-corrected chi connectivity index (χ2v) is 6.66. The topological polar surface area (TPSA) is 0 Å². The Morgan fingerprint density at radius 3 is 2.32 bits per heavy atom. The molecular formula is C19H14Cl2S. The monoisotopic (exact) mass is 344 g/mol. The van der Waals surface area contributed by atoms with Crippen molar-refractivity contribution < 1.29 is 0 Å². The summed E-state index contributed by atoms with van der Waals surface area (Å²) in [6.45, 7) is 0. The highest BCUT2D eigenvalue weighted by Crippen LogP contribution is 2.30. The average molecular weight is 345 g/mol. The van der Waals surface area contributed by atoms with Crippen molar-refractivity contribution in [1.82, 2.24) is 0 Å². The van der Waals surface area contributed by atoms with Crippen LogP contribution in [0.5, 0.6) is 0 Å². The number of hydrogen-bond acceptors (Lipinski definition) is 1. The maximum absolute atomic E-state index is 6.15. The maximum Gasteiger partial charge on any atom is 0.0411 e. The van der Waals surface area contributed by atoms with Gasteiger partial charge >= 0.3 is 0 Å². The first-order valence-electron chi connectivity index (χ1n) is 6.94. The molecule has 1 unspecified atom stereocenters. The second-order valence-electron chi connectivity index (χ2n) is 5.00. The van der Waals surface area contributed by atoms with Gasteiger partial charge < -0.3 is 0 Å². The van der Waals surface area contributed by atoms with Crippen LogP contribution in [0, 0.1) is 0 Å². The van der Waals surface area contributed by atoms with Crippen LogP contribution >= 0.6 is 34.5 Å². The molecule has 0 aliphatic carbocycles. The summed E-state index contributed by atoms with van der Waals surface area (Å²) in [5, 5.41) is 5.78. The number of hydrogen-bond donors (Lipinski definition) is 0. The van der Waals surface area contributed by atoms with Crippen molar-refractivity contribution in [2.24, 2.45) is 0 Å². The molecule has 22 heavy (non-hydrogen) atoms. The summed E-state index contributed by atoms with van der Waals surface area (Å²) in [6, 6.07) is 18.0. The normalized spacial score (nSPS) is 12.6. The van der Waals surface area contributed by atoms with E-state index in [1.165, 1.54) is 11.1 Å². The summed E-state index contributed by atoms with van der Waals surface area (Å²) in [4.78, 5) is 0. The zero-order valence-corrected chi connectivity index (χ0v) is 14.1. The molecule has 3 rings (SSSR count). The molecule has 0 spiro atoms. The van der Waals surface area contributed by atoms with E-state index in [-0.39, 0.29) is 5.92 Å². The largest absolute Gasteiger partial charge is 0.152 e. The maximum atomic E-state index is 6.15. The van der Waals surface area contributed by atoms with Gasteiger partial charge in [0.25, 0.3) is 0 Å². The molecule has 3 heteroatoms. The molecule has 1 aromatic heterocycles. The zero-order valence-electron chi connectivity index (χ0n) is 11.7. The van der Waals surface area contributed by atoms with Gasteiger partial charge in [0.1, 0.15) is 0 Å². The Balaban J connectivity index is 1.96. The van der Waals surface area contributed by atoms with E-state index < -0.39 is 0 Å². The van der Waals surface area contributed by atoms with E-state index in [0.717, 1.165) is 15.6 Å². The Hall–Kier alpha value is -1.54. The van der Waals surface area contributed by atoms with Gasteiger partial charge in [-0.3, -0.25) is 0 Å². The molecule has 0 N–H and O–H groups in total. The highest BCUT2D eigenvalue weighted by atomic mass is 35.5. The van der Waals surface area contributed by atoms with Gasteiger partial charge in [-0.05, 0) is 57.8 Å². The summed E-state index contributed by atoms with van der Waals surface area (Å²) >= 11 is 13.9. The summed E-state index contributed by atoms with van der Waals surface area (Å²) in [7, 11) is 0. The molecule has 0 aliphatic rings. The molecular weight excluding hydrogens is 331 g/mol. The van der Waals surface area contributed by atoms with E-state index in [1.54, 1.807) is 11.3 Å². The number of halogens is 2. The van der Waals surface area contributed by atoms with Crippen LogP contribution in [0.15, 0.2) is 71.4 Å². The lowest BCUT2D eigenvalue weighted by molar-refractivity contribution is 1.04. The highest BCUT2D eigenvalue weighted by Gasteiger charge is 2.11. The van der Waals surface area contributed by atoms with Crippen molar-refractivity contribution in [1.29, 1.82) is 0 Å². The van der Waals surface area contributed by atoms with Gasteiger partial charge in [-0.15, -0.1) is 0 Å². The second kappa shape index (κ2) is 7.15. The molecule has 1 heterocycles. The van der Waals surface area contributed by atoms with E-state index in [0.29, 0.717) is 0 Å². The summed E-state index contributed by atoms with van der Waals surface area (Å²) in [6.07, 6.45) is 4.30. The Morgan fingerprint density at radius 2 is 1.64 bits per heavy atom. The summed E-state index contributed by atoms with van der Waals surface area (Å²) < 4.78 is 0. The predicted octanol–water partition coefficient (Wildman–Crippen LogP) is 6.90. The van der Waals surface area contributed by atoms with Gasteiger partial charge in [0.2, 0.25) is 0 Å². The lowest BCUT2D eigenvalue weighted by Gasteiger charge is -2.12. The molecule has 110 valence electrons. The van der Waals surface area contributed by atoms with Crippen LogP contribution in [0.4, 0.5) is 0 Å². The van der Waals surface area contributed by atoms with Gasteiger partial charge in [-0.25, -0.2) is 0 Å². The van der Waals surface area contributed by atoms with Crippen molar-refractivity contribution in [3.8, 4) is 0 Å². The first-order chi connectivity index (χ1) is 10.7. The van der Waals surface area contributed by atoms with Gasteiger partial charge in [0.15, 0.2) is 0 Å². The lowest BCUT2D eigenvalue weighted by atomic mass is 9.92. The minimum absolute atomic E-state index is 0.184. The minimum atomic E-state index is 0.184. The van der Waals surface area contributed by atoms with E-state index in [2.05, 4.69) is 35.0 Å². The molecule has 0 radical (unpaired) electrons. The number of rotatable bonds is 4. The summed E-state index contributed by atoms with van der Waals surface area (Å²) in [5.41, 5.74) is 3.55. The van der Waals surface area contributed by atoms with E-state index in [9.17, 15) is 0 Å². The van der Waals surface area contributed by atoms with Crippen molar-refractivity contribution >= 4 is 40.6 Å². The highest BCUT2D eigenvalue weighted by molar-refractivity contribution is 7.08. The van der Waals surface area contributed by atoms with E-state index in [1.807, 2.05) is 42.5 Å². The quantitative estimate of drug-likeness (QED) is 0.482. The van der Waals surface area contributed by atoms with Crippen LogP contribution in [-0.4, -0.2) is 0 Å². The first-order valence-corrected chi connectivity index (χ1v) is 8.63. The fraction of sp³-hybridized carbons (Fsp3) is 0.0526. The Morgan fingerprint density at radius 1 is 0.864 bits per heavy atom. The van der Waals surface area contributed by atoms with E-state index in [4.69, 9.17) is 23.2 Å². The van der Waals surface area contributed by atoms with Gasteiger partial charge in [-0.1, -0.05) is 59.6 Å². The zero-order chi connectivity index (χ0) is 15.4. The standard InChI is InChI=1S/C19H14Cl2S/c20-17-5-1-3-14(11-17)7-8-19(16-9-10-22-13-16)15-4-2-6-18(21)12-15/h1-13,19H/b8-7+. The fourth-order valence-corrected chi connectivity index (χ4v) is 3.48. The molecule has 0 aliphatic heterocycles. The molecule has 0 nitrogen and oxygen atoms in total. The van der Waals surface area contributed by atoms with Gasteiger partial charge in [0, 0.05) is 16.0 Å². The Bertz CT molecular complexity index is 776. The van der Waals surface area contributed by atoms with Crippen molar-refractivity contribution in [2.75, 3.05) is 0 Å². The van der Waals surface area contributed by atoms with Crippen LogP contribution in [0.1, 0.15) is 22.6 Å². The Kier molecular flexibility index (Phi) is 4.99. The smallest absolute Gasteiger partial charge is 0.0411 e. The molecule has 0 saturated carbocycles. The van der Waals surface area contributed by atoms with E-state index >= 15 is 0 Å². The molecule has 3 aromatic rings. The van der Waals surface area contributed by atoms with Crippen molar-refractivity contribution in [3.63, 3.8) is 0 Å². The predicted molar refractivity (Wildman–Crippen MR) is 98.1 cm³/mol. The third kappa shape index (κ3) is 3.80. The molecule has 0 bridgehead atoms. The van der Waals surface area contributed by atoms with Crippen LogP contribution in [0.25, 0.3) is 6.08 Å². The fourth-order valence-electron chi connectivity index (χ4n) is 2.38.